The number of amides is 2. The van der Waals surface area contributed by atoms with Gasteiger partial charge < -0.3 is 20.1 Å². The summed E-state index contributed by atoms with van der Waals surface area (Å²) in [5.41, 5.74) is 0.950. The molecule has 6 heteroatoms. The van der Waals surface area contributed by atoms with E-state index in [1.165, 1.54) is 0 Å². The monoisotopic (exact) mass is 348 g/mol. The zero-order chi connectivity index (χ0) is 18.6. The molecule has 0 saturated carbocycles. The number of rotatable bonds is 5. The number of likely N-dealkylation sites (tertiary alicyclic amines) is 1. The Bertz CT molecular complexity index is 617. The fourth-order valence-corrected chi connectivity index (χ4v) is 3.19. The van der Waals surface area contributed by atoms with Gasteiger partial charge in [-0.15, -0.1) is 0 Å². The maximum absolute atomic E-state index is 12.5. The van der Waals surface area contributed by atoms with Crippen LogP contribution < -0.4 is 10.1 Å². The van der Waals surface area contributed by atoms with Crippen LogP contribution in [0.4, 0.5) is 4.79 Å². The molecule has 25 heavy (non-hydrogen) atoms. The first kappa shape index (κ1) is 19.1. The number of hydrogen-bond acceptors (Lipinski definition) is 3. The number of hydrogen-bond donors (Lipinski definition) is 2. The van der Waals surface area contributed by atoms with Crippen LogP contribution in [0.2, 0.25) is 0 Å². The SMILES string of the molecule is CC1CC(C(=O)O)CN(C(=O)NC(C)c2cccc(OC(C)C)c2)C1. The molecule has 1 aliphatic heterocycles. The molecule has 6 nitrogen and oxygen atoms in total. The first-order chi connectivity index (χ1) is 11.8. The highest BCUT2D eigenvalue weighted by Crippen LogP contribution is 2.23. The predicted octanol–water partition coefficient (Wildman–Crippen LogP) is 3.29. The summed E-state index contributed by atoms with van der Waals surface area (Å²) in [4.78, 5) is 25.4. The highest BCUT2D eigenvalue weighted by atomic mass is 16.5. The number of aliphatic carboxylic acids is 1. The fraction of sp³-hybridized carbons (Fsp3) is 0.579. The molecule has 0 aliphatic carbocycles. The van der Waals surface area contributed by atoms with Crippen molar-refractivity contribution < 1.29 is 19.4 Å². The summed E-state index contributed by atoms with van der Waals surface area (Å²) in [7, 11) is 0. The maximum Gasteiger partial charge on any atom is 0.317 e. The number of carboxylic acids is 1. The molecule has 0 radical (unpaired) electrons. The van der Waals surface area contributed by atoms with Crippen LogP contribution in [-0.4, -0.2) is 41.2 Å². The van der Waals surface area contributed by atoms with Crippen LogP contribution in [0, 0.1) is 11.8 Å². The topological polar surface area (TPSA) is 78.9 Å². The molecule has 3 atom stereocenters. The van der Waals surface area contributed by atoms with Crippen LogP contribution >= 0.6 is 0 Å². The fourth-order valence-electron chi connectivity index (χ4n) is 3.19. The molecule has 1 aromatic carbocycles. The quantitative estimate of drug-likeness (QED) is 0.856. The van der Waals surface area contributed by atoms with Crippen LogP contribution in [0.25, 0.3) is 0 Å². The van der Waals surface area contributed by atoms with Crippen LogP contribution in [0.15, 0.2) is 24.3 Å². The molecule has 138 valence electrons. The second-order valence-corrected chi connectivity index (χ2v) is 7.19. The minimum atomic E-state index is -0.837. The minimum absolute atomic E-state index is 0.0861. The van der Waals surface area contributed by atoms with Crippen molar-refractivity contribution in [2.75, 3.05) is 13.1 Å². The zero-order valence-electron chi connectivity index (χ0n) is 15.4. The van der Waals surface area contributed by atoms with Crippen molar-refractivity contribution in [3.63, 3.8) is 0 Å². The summed E-state index contributed by atoms with van der Waals surface area (Å²) in [5.74, 6) is -0.381. The average molecular weight is 348 g/mol. The Balaban J connectivity index is 2.00. The average Bonchev–Trinajstić information content (AvgIpc) is 2.53. The zero-order valence-corrected chi connectivity index (χ0v) is 15.4. The summed E-state index contributed by atoms with van der Waals surface area (Å²) in [6.07, 6.45) is 0.700. The largest absolute Gasteiger partial charge is 0.491 e. The van der Waals surface area contributed by atoms with Gasteiger partial charge in [-0.1, -0.05) is 19.1 Å². The lowest BCUT2D eigenvalue weighted by atomic mass is 9.91. The van der Waals surface area contributed by atoms with Gasteiger partial charge >= 0.3 is 12.0 Å². The van der Waals surface area contributed by atoms with Crippen molar-refractivity contribution in [3.05, 3.63) is 29.8 Å². The Labute approximate surface area is 149 Å². The lowest BCUT2D eigenvalue weighted by Crippen LogP contribution is -2.49. The Morgan fingerprint density at radius 1 is 1.28 bits per heavy atom. The van der Waals surface area contributed by atoms with Gasteiger partial charge in [0, 0.05) is 13.1 Å². The lowest BCUT2D eigenvalue weighted by molar-refractivity contribution is -0.143. The van der Waals surface area contributed by atoms with E-state index >= 15 is 0 Å². The Morgan fingerprint density at radius 3 is 2.64 bits per heavy atom. The first-order valence-electron chi connectivity index (χ1n) is 8.81. The van der Waals surface area contributed by atoms with Gasteiger partial charge in [0.25, 0.3) is 0 Å². The molecule has 1 aliphatic rings. The third-order valence-corrected chi connectivity index (χ3v) is 4.37. The van der Waals surface area contributed by atoms with Crippen molar-refractivity contribution in [1.82, 2.24) is 10.2 Å². The van der Waals surface area contributed by atoms with Gasteiger partial charge in [0.05, 0.1) is 18.1 Å². The molecule has 2 rings (SSSR count). The van der Waals surface area contributed by atoms with Crippen LogP contribution in [-0.2, 0) is 4.79 Å². The van der Waals surface area contributed by atoms with E-state index < -0.39 is 11.9 Å². The number of carbonyl (C=O) groups is 2. The summed E-state index contributed by atoms with van der Waals surface area (Å²) >= 11 is 0. The highest BCUT2D eigenvalue weighted by Gasteiger charge is 2.32. The number of piperidine rings is 1. The lowest BCUT2D eigenvalue weighted by Gasteiger charge is -2.35. The summed E-state index contributed by atoms with van der Waals surface area (Å²) in [6, 6.07) is 7.24. The maximum atomic E-state index is 12.5. The minimum Gasteiger partial charge on any atom is -0.491 e. The van der Waals surface area contributed by atoms with Gasteiger partial charge in [-0.25, -0.2) is 4.79 Å². The van der Waals surface area contributed by atoms with Gasteiger partial charge in [-0.3, -0.25) is 4.79 Å². The number of benzene rings is 1. The highest BCUT2D eigenvalue weighted by molar-refractivity contribution is 5.77. The van der Waals surface area contributed by atoms with Crippen molar-refractivity contribution in [2.45, 2.75) is 46.3 Å². The second kappa shape index (κ2) is 8.23. The summed E-state index contributed by atoms with van der Waals surface area (Å²) < 4.78 is 5.69. The van der Waals surface area contributed by atoms with E-state index in [9.17, 15) is 14.7 Å². The normalized spacial score (nSPS) is 21.7. The molecular formula is C19H28N2O4. The molecule has 0 spiro atoms. The third-order valence-electron chi connectivity index (χ3n) is 4.37. The molecule has 1 fully saturated rings. The number of nitrogens with one attached hydrogen (secondary N) is 1. The van der Waals surface area contributed by atoms with E-state index in [1.54, 1.807) is 4.90 Å². The van der Waals surface area contributed by atoms with Gasteiger partial charge in [0.15, 0.2) is 0 Å². The van der Waals surface area contributed by atoms with E-state index in [0.29, 0.717) is 13.0 Å². The van der Waals surface area contributed by atoms with E-state index in [0.717, 1.165) is 11.3 Å². The molecule has 3 unspecified atom stereocenters. The molecular weight excluding hydrogens is 320 g/mol. The Hall–Kier alpha value is -2.24. The molecule has 1 heterocycles. The van der Waals surface area contributed by atoms with Crippen molar-refractivity contribution in [3.8, 4) is 5.75 Å². The van der Waals surface area contributed by atoms with Crippen molar-refractivity contribution >= 4 is 12.0 Å². The Morgan fingerprint density at radius 2 is 2.00 bits per heavy atom. The number of carboxylic acid groups (broad SMARTS) is 1. The molecule has 1 saturated heterocycles. The van der Waals surface area contributed by atoms with E-state index in [2.05, 4.69) is 5.32 Å². The van der Waals surface area contributed by atoms with Crippen LogP contribution in [0.3, 0.4) is 0 Å². The smallest absolute Gasteiger partial charge is 0.317 e. The number of carbonyl (C=O) groups excluding carboxylic acids is 1. The summed E-state index contributed by atoms with van der Waals surface area (Å²) in [6.45, 7) is 8.66. The van der Waals surface area contributed by atoms with Gasteiger partial charge in [0.1, 0.15) is 5.75 Å². The van der Waals surface area contributed by atoms with Gasteiger partial charge in [-0.05, 0) is 50.8 Å². The van der Waals surface area contributed by atoms with Crippen molar-refractivity contribution in [2.24, 2.45) is 11.8 Å². The number of ether oxygens (including phenoxy) is 1. The van der Waals surface area contributed by atoms with Crippen LogP contribution in [0.5, 0.6) is 5.75 Å². The third kappa shape index (κ3) is 5.37. The first-order valence-corrected chi connectivity index (χ1v) is 8.81. The van der Waals surface area contributed by atoms with Crippen molar-refractivity contribution in [1.29, 1.82) is 0 Å². The predicted molar refractivity (Wildman–Crippen MR) is 95.6 cm³/mol. The number of nitrogens with zero attached hydrogens (tertiary/aromatic N) is 1. The van der Waals surface area contributed by atoms with Gasteiger partial charge in [-0.2, -0.15) is 0 Å². The molecule has 2 N–H and O–H groups in total. The molecule has 0 bridgehead atoms. The number of urea groups is 1. The Kier molecular flexibility index (Phi) is 6.28. The van der Waals surface area contributed by atoms with Gasteiger partial charge in [0.2, 0.25) is 0 Å². The summed E-state index contributed by atoms with van der Waals surface area (Å²) in [5, 5.41) is 12.2. The molecule has 1 aromatic rings. The van der Waals surface area contributed by atoms with E-state index in [-0.39, 0.29) is 30.6 Å². The second-order valence-electron chi connectivity index (χ2n) is 7.19. The molecule has 2 amide bonds. The standard InChI is InChI=1S/C19H28N2O4/c1-12(2)25-17-7-5-6-15(9-17)14(4)20-19(24)21-10-13(3)8-16(11-21)18(22)23/h5-7,9,12-14,16H,8,10-11H2,1-4H3,(H,20,24)(H,22,23). The van der Waals surface area contributed by atoms with E-state index in [4.69, 9.17) is 4.74 Å². The van der Waals surface area contributed by atoms with Crippen LogP contribution in [0.1, 0.15) is 45.7 Å². The molecule has 0 aromatic heterocycles. The van der Waals surface area contributed by atoms with E-state index in [1.807, 2.05) is 52.0 Å².